The minimum Gasteiger partial charge on any atom is -0.381 e. The molecule has 1 atom stereocenters. The van der Waals surface area contributed by atoms with E-state index in [9.17, 15) is 14.0 Å². The second-order valence-electron chi connectivity index (χ2n) is 8.48. The number of carbonyl (C=O) groups excluding carboxylic acids is 2. The minimum absolute atomic E-state index is 0.0758. The van der Waals surface area contributed by atoms with Crippen LogP contribution in [0.2, 0.25) is 5.02 Å². The van der Waals surface area contributed by atoms with Crippen LogP contribution in [0.4, 0.5) is 10.1 Å². The molecule has 7 heteroatoms. The van der Waals surface area contributed by atoms with Crippen molar-refractivity contribution in [1.82, 2.24) is 5.32 Å². The summed E-state index contributed by atoms with van der Waals surface area (Å²) in [6.07, 6.45) is 1.63. The van der Waals surface area contributed by atoms with Gasteiger partial charge in [0.25, 0.3) is 0 Å². The van der Waals surface area contributed by atoms with Crippen molar-refractivity contribution in [3.8, 4) is 0 Å². The van der Waals surface area contributed by atoms with E-state index in [0.29, 0.717) is 24.8 Å². The number of halogens is 2. The van der Waals surface area contributed by atoms with E-state index in [4.69, 9.17) is 16.3 Å². The molecular formula is C24H26ClFN2O3. The van der Waals surface area contributed by atoms with Crippen molar-refractivity contribution in [2.75, 3.05) is 31.2 Å². The molecule has 0 saturated carbocycles. The second kappa shape index (κ2) is 8.97. The van der Waals surface area contributed by atoms with Crippen LogP contribution in [0.1, 0.15) is 30.4 Å². The second-order valence-corrected chi connectivity index (χ2v) is 8.92. The minimum atomic E-state index is -0.510. The fraction of sp³-hybridized carbons (Fsp3) is 0.417. The van der Waals surface area contributed by atoms with E-state index in [-0.39, 0.29) is 35.9 Å². The standard InChI is InChI=1S/C24H26ClFN2O3/c1-16-5-6-21(20(26)11-16)28-14-17(12-22(28)29)23(30)27-15-24(7-9-31-10-8-24)18-3-2-4-19(25)13-18/h2-6,11,13,17H,7-10,12,14-15H2,1H3,(H,27,30). The molecule has 2 aliphatic rings. The summed E-state index contributed by atoms with van der Waals surface area (Å²) < 4.78 is 19.9. The summed E-state index contributed by atoms with van der Waals surface area (Å²) in [6, 6.07) is 12.5. The van der Waals surface area contributed by atoms with Crippen molar-refractivity contribution in [3.63, 3.8) is 0 Å². The Morgan fingerprint density at radius 1 is 1.26 bits per heavy atom. The summed E-state index contributed by atoms with van der Waals surface area (Å²) >= 11 is 6.21. The van der Waals surface area contributed by atoms with Crippen LogP contribution in [0.3, 0.4) is 0 Å². The van der Waals surface area contributed by atoms with E-state index in [1.54, 1.807) is 19.1 Å². The molecule has 2 saturated heterocycles. The van der Waals surface area contributed by atoms with Gasteiger partial charge in [0, 0.05) is 43.2 Å². The summed E-state index contributed by atoms with van der Waals surface area (Å²) in [6.45, 7) is 3.65. The van der Waals surface area contributed by atoms with E-state index in [1.807, 2.05) is 24.3 Å². The molecular weight excluding hydrogens is 419 g/mol. The average molecular weight is 445 g/mol. The molecule has 4 rings (SSSR count). The van der Waals surface area contributed by atoms with Crippen molar-refractivity contribution in [1.29, 1.82) is 0 Å². The SMILES string of the molecule is Cc1ccc(N2CC(C(=O)NCC3(c4cccc(Cl)c4)CCOCC3)CC2=O)c(F)c1. The quantitative estimate of drug-likeness (QED) is 0.758. The number of aryl methyl sites for hydroxylation is 1. The molecule has 0 aliphatic carbocycles. The molecule has 1 N–H and O–H groups in total. The third-order valence-corrected chi connectivity index (χ3v) is 6.61. The lowest BCUT2D eigenvalue weighted by atomic mass is 9.74. The van der Waals surface area contributed by atoms with Gasteiger partial charge >= 0.3 is 0 Å². The Morgan fingerprint density at radius 2 is 2.03 bits per heavy atom. The molecule has 2 aliphatic heterocycles. The maximum Gasteiger partial charge on any atom is 0.227 e. The van der Waals surface area contributed by atoms with Gasteiger partial charge < -0.3 is 15.0 Å². The van der Waals surface area contributed by atoms with Crippen LogP contribution >= 0.6 is 11.6 Å². The number of hydrogen-bond donors (Lipinski definition) is 1. The number of amides is 2. The molecule has 31 heavy (non-hydrogen) atoms. The zero-order valence-corrected chi connectivity index (χ0v) is 18.3. The first-order chi connectivity index (χ1) is 14.9. The molecule has 0 aromatic heterocycles. The van der Waals surface area contributed by atoms with Crippen molar-refractivity contribution < 1.29 is 18.7 Å². The smallest absolute Gasteiger partial charge is 0.227 e. The Morgan fingerprint density at radius 3 is 2.74 bits per heavy atom. The predicted molar refractivity (Wildman–Crippen MR) is 118 cm³/mol. The number of anilines is 1. The number of ether oxygens (including phenoxy) is 1. The molecule has 2 aromatic carbocycles. The zero-order chi connectivity index (χ0) is 22.0. The van der Waals surface area contributed by atoms with Crippen LogP contribution in [-0.2, 0) is 19.7 Å². The maximum absolute atomic E-state index is 14.3. The zero-order valence-electron chi connectivity index (χ0n) is 17.5. The van der Waals surface area contributed by atoms with Gasteiger partial charge in [-0.25, -0.2) is 4.39 Å². The van der Waals surface area contributed by atoms with Crippen LogP contribution in [0.25, 0.3) is 0 Å². The lowest BCUT2D eigenvalue weighted by Gasteiger charge is -2.38. The summed E-state index contributed by atoms with van der Waals surface area (Å²) in [5.41, 5.74) is 1.83. The number of rotatable bonds is 5. The molecule has 2 fully saturated rings. The molecule has 2 aromatic rings. The highest BCUT2D eigenvalue weighted by atomic mass is 35.5. The Kier molecular flexibility index (Phi) is 6.30. The molecule has 0 radical (unpaired) electrons. The van der Waals surface area contributed by atoms with Gasteiger partial charge in [0.05, 0.1) is 11.6 Å². The van der Waals surface area contributed by atoms with Crippen LogP contribution in [-0.4, -0.2) is 38.1 Å². The van der Waals surface area contributed by atoms with E-state index in [1.165, 1.54) is 11.0 Å². The van der Waals surface area contributed by atoms with Crippen molar-refractivity contribution >= 4 is 29.1 Å². The number of carbonyl (C=O) groups is 2. The molecule has 164 valence electrons. The highest BCUT2D eigenvalue weighted by molar-refractivity contribution is 6.30. The fourth-order valence-corrected chi connectivity index (χ4v) is 4.69. The number of hydrogen-bond acceptors (Lipinski definition) is 3. The molecule has 1 unspecified atom stereocenters. The van der Waals surface area contributed by atoms with E-state index in [0.717, 1.165) is 24.0 Å². The third-order valence-electron chi connectivity index (χ3n) is 6.38. The molecule has 2 heterocycles. The summed E-state index contributed by atoms with van der Waals surface area (Å²) in [7, 11) is 0. The van der Waals surface area contributed by atoms with E-state index >= 15 is 0 Å². The van der Waals surface area contributed by atoms with Crippen LogP contribution < -0.4 is 10.2 Å². The highest BCUT2D eigenvalue weighted by Crippen LogP contribution is 2.36. The van der Waals surface area contributed by atoms with Crippen LogP contribution in [0.15, 0.2) is 42.5 Å². The van der Waals surface area contributed by atoms with Crippen molar-refractivity contribution in [3.05, 3.63) is 64.4 Å². The topological polar surface area (TPSA) is 58.6 Å². The number of nitrogens with one attached hydrogen (secondary N) is 1. The van der Waals surface area contributed by atoms with Crippen LogP contribution in [0.5, 0.6) is 0 Å². The first kappa shape index (κ1) is 21.8. The van der Waals surface area contributed by atoms with Crippen LogP contribution in [0, 0.1) is 18.7 Å². The van der Waals surface area contributed by atoms with Gasteiger partial charge in [-0.2, -0.15) is 0 Å². The number of benzene rings is 2. The van der Waals surface area contributed by atoms with Gasteiger partial charge in [0.15, 0.2) is 0 Å². The maximum atomic E-state index is 14.3. The van der Waals surface area contributed by atoms with Gasteiger partial charge in [-0.05, 0) is 55.2 Å². The van der Waals surface area contributed by atoms with Gasteiger partial charge in [-0.1, -0.05) is 29.8 Å². The van der Waals surface area contributed by atoms with E-state index < -0.39 is 11.7 Å². The fourth-order valence-electron chi connectivity index (χ4n) is 4.50. The molecule has 0 bridgehead atoms. The Labute approximate surface area is 186 Å². The van der Waals surface area contributed by atoms with Gasteiger partial charge in [-0.15, -0.1) is 0 Å². The Balaban J connectivity index is 1.45. The largest absolute Gasteiger partial charge is 0.381 e. The molecule has 0 spiro atoms. The van der Waals surface area contributed by atoms with Crippen molar-refractivity contribution in [2.24, 2.45) is 5.92 Å². The van der Waals surface area contributed by atoms with E-state index in [2.05, 4.69) is 5.32 Å². The monoisotopic (exact) mass is 444 g/mol. The lowest BCUT2D eigenvalue weighted by Crippen LogP contribution is -2.46. The summed E-state index contributed by atoms with van der Waals surface area (Å²) in [4.78, 5) is 26.8. The van der Waals surface area contributed by atoms with Gasteiger partial charge in [0.1, 0.15) is 5.82 Å². The average Bonchev–Trinajstić information content (AvgIpc) is 3.14. The lowest BCUT2D eigenvalue weighted by molar-refractivity contribution is -0.126. The third kappa shape index (κ3) is 4.60. The summed E-state index contributed by atoms with van der Waals surface area (Å²) in [5, 5.41) is 3.72. The Hall–Kier alpha value is -2.44. The predicted octanol–water partition coefficient (Wildman–Crippen LogP) is 4.01. The van der Waals surface area contributed by atoms with Crippen molar-refractivity contribution in [2.45, 2.75) is 31.6 Å². The Bertz CT molecular complexity index is 991. The molecule has 5 nitrogen and oxygen atoms in total. The first-order valence-electron chi connectivity index (χ1n) is 10.6. The highest BCUT2D eigenvalue weighted by Gasteiger charge is 2.39. The van der Waals surface area contributed by atoms with Gasteiger partial charge in [0.2, 0.25) is 11.8 Å². The molecule has 2 amide bonds. The van der Waals surface area contributed by atoms with Gasteiger partial charge in [-0.3, -0.25) is 9.59 Å². The first-order valence-corrected chi connectivity index (χ1v) is 10.9. The number of nitrogens with zero attached hydrogens (tertiary/aromatic N) is 1. The normalized spacial score (nSPS) is 20.7. The summed E-state index contributed by atoms with van der Waals surface area (Å²) in [5.74, 6) is -1.38.